The lowest BCUT2D eigenvalue weighted by Gasteiger charge is -2.22. The van der Waals surface area contributed by atoms with E-state index in [0.29, 0.717) is 12.4 Å². The largest absolute Gasteiger partial charge is 0.308 e. The van der Waals surface area contributed by atoms with Crippen LogP contribution in [0.2, 0.25) is 0 Å². The Labute approximate surface area is 112 Å². The average molecular weight is 290 g/mol. The van der Waals surface area contributed by atoms with E-state index in [9.17, 15) is 8.42 Å². The summed E-state index contributed by atoms with van der Waals surface area (Å²) in [4.78, 5) is 3.99. The van der Waals surface area contributed by atoms with Gasteiger partial charge in [-0.05, 0) is 32.2 Å². The second kappa shape index (κ2) is 5.87. The highest BCUT2D eigenvalue weighted by atomic mass is 32.2. The Kier molecular flexibility index (Phi) is 4.97. The zero-order valence-electron chi connectivity index (χ0n) is 10.6. The summed E-state index contributed by atoms with van der Waals surface area (Å²) in [6.07, 6.45) is 3.21. The molecule has 0 saturated carbocycles. The first-order valence-corrected chi connectivity index (χ1v) is 7.99. The van der Waals surface area contributed by atoms with Gasteiger partial charge in [-0.15, -0.1) is 0 Å². The van der Waals surface area contributed by atoms with Crippen molar-refractivity contribution in [1.82, 2.24) is 9.71 Å². The predicted molar refractivity (Wildman–Crippen MR) is 74.8 cm³/mol. The topological polar surface area (TPSA) is 97.1 Å². The van der Waals surface area contributed by atoms with Crippen molar-refractivity contribution in [2.45, 2.75) is 23.5 Å². The van der Waals surface area contributed by atoms with E-state index in [2.05, 4.69) is 15.1 Å². The fraction of sp³-hybridized carbons (Fsp3) is 0.500. The molecule has 0 aliphatic carbocycles. The molecule has 1 rings (SSSR count). The molecule has 0 amide bonds. The maximum absolute atomic E-state index is 12.0. The van der Waals surface area contributed by atoms with Crippen molar-refractivity contribution in [2.75, 3.05) is 18.2 Å². The molecule has 0 atom stereocenters. The lowest BCUT2D eigenvalue weighted by Crippen LogP contribution is -2.36. The number of nitrogens with one attached hydrogen (secondary N) is 2. The van der Waals surface area contributed by atoms with Crippen LogP contribution in [0.15, 0.2) is 23.2 Å². The number of rotatable bonds is 6. The Balaban J connectivity index is 2.80. The van der Waals surface area contributed by atoms with Crippen molar-refractivity contribution in [3.8, 4) is 0 Å². The lowest BCUT2D eigenvalue weighted by atomic mass is 10.2. The monoisotopic (exact) mass is 290 g/mol. The number of nitrogen functional groups attached to an aromatic ring is 1. The molecule has 6 nitrogen and oxygen atoms in total. The van der Waals surface area contributed by atoms with Crippen molar-refractivity contribution in [1.29, 1.82) is 0 Å². The number of thioether (sulfide) groups is 1. The van der Waals surface area contributed by atoms with Gasteiger partial charge in [0.05, 0.1) is 0 Å². The minimum atomic E-state index is -3.52. The maximum Gasteiger partial charge on any atom is 0.242 e. The Morgan fingerprint density at radius 3 is 2.56 bits per heavy atom. The Hall–Kier alpha value is -0.830. The first-order chi connectivity index (χ1) is 8.30. The fourth-order valence-electron chi connectivity index (χ4n) is 1.05. The molecule has 0 radical (unpaired) electrons. The second-order valence-electron chi connectivity index (χ2n) is 4.31. The zero-order chi connectivity index (χ0) is 13.8. The van der Waals surface area contributed by atoms with Crippen molar-refractivity contribution < 1.29 is 8.42 Å². The van der Waals surface area contributed by atoms with E-state index < -0.39 is 10.0 Å². The number of hydrogen-bond donors (Lipinski definition) is 3. The molecular formula is C10H18N4O2S2. The van der Waals surface area contributed by atoms with Gasteiger partial charge in [0.1, 0.15) is 10.7 Å². The summed E-state index contributed by atoms with van der Waals surface area (Å²) >= 11 is 1.60. The molecule has 0 saturated heterocycles. The van der Waals surface area contributed by atoms with Gasteiger partial charge in [0.2, 0.25) is 10.0 Å². The van der Waals surface area contributed by atoms with Gasteiger partial charge in [-0.3, -0.25) is 0 Å². The zero-order valence-corrected chi connectivity index (χ0v) is 12.2. The SMILES string of the molecule is CSC(C)(C)CNS(=O)(=O)c1ccc(NN)nc1. The van der Waals surface area contributed by atoms with Crippen molar-refractivity contribution in [3.63, 3.8) is 0 Å². The van der Waals surface area contributed by atoms with E-state index in [1.807, 2.05) is 20.1 Å². The van der Waals surface area contributed by atoms with Crippen LogP contribution in [-0.4, -0.2) is 30.9 Å². The number of aromatic nitrogens is 1. The first kappa shape index (κ1) is 15.2. The van der Waals surface area contributed by atoms with E-state index in [1.54, 1.807) is 11.8 Å². The van der Waals surface area contributed by atoms with Gasteiger partial charge in [-0.25, -0.2) is 24.0 Å². The second-order valence-corrected chi connectivity index (χ2v) is 7.59. The summed E-state index contributed by atoms with van der Waals surface area (Å²) in [7, 11) is -3.52. The molecule has 0 unspecified atom stereocenters. The normalized spacial score (nSPS) is 12.4. The van der Waals surface area contributed by atoms with Crippen LogP contribution in [0.3, 0.4) is 0 Å². The quantitative estimate of drug-likeness (QED) is 0.529. The van der Waals surface area contributed by atoms with Crippen LogP contribution in [0.1, 0.15) is 13.8 Å². The Bertz CT molecular complexity index is 485. The fourth-order valence-corrected chi connectivity index (χ4v) is 2.51. The third-order valence-electron chi connectivity index (χ3n) is 2.44. The highest BCUT2D eigenvalue weighted by Crippen LogP contribution is 2.20. The number of anilines is 1. The number of nitrogens with zero attached hydrogens (tertiary/aromatic N) is 1. The van der Waals surface area contributed by atoms with Crippen molar-refractivity contribution in [3.05, 3.63) is 18.3 Å². The van der Waals surface area contributed by atoms with Crippen molar-refractivity contribution >= 4 is 27.6 Å². The summed E-state index contributed by atoms with van der Waals surface area (Å²) < 4.78 is 26.4. The van der Waals surface area contributed by atoms with E-state index in [4.69, 9.17) is 5.84 Å². The van der Waals surface area contributed by atoms with Gasteiger partial charge < -0.3 is 5.43 Å². The van der Waals surface area contributed by atoms with Crippen LogP contribution in [-0.2, 0) is 10.0 Å². The summed E-state index contributed by atoms with van der Waals surface area (Å²) in [6.45, 7) is 4.30. The minimum absolute atomic E-state index is 0.124. The number of sulfonamides is 1. The summed E-state index contributed by atoms with van der Waals surface area (Å²) in [5.41, 5.74) is 2.34. The van der Waals surface area contributed by atoms with E-state index >= 15 is 0 Å². The highest BCUT2D eigenvalue weighted by molar-refractivity contribution is 8.00. The predicted octanol–water partition coefficient (Wildman–Crippen LogP) is 0.787. The molecule has 4 N–H and O–H groups in total. The molecule has 0 fully saturated rings. The van der Waals surface area contributed by atoms with Crippen LogP contribution in [0, 0.1) is 0 Å². The Morgan fingerprint density at radius 2 is 2.11 bits per heavy atom. The third-order valence-corrected chi connectivity index (χ3v) is 5.07. The molecule has 0 aliphatic heterocycles. The molecule has 8 heteroatoms. The van der Waals surface area contributed by atoms with Crippen LogP contribution in [0.25, 0.3) is 0 Å². The van der Waals surface area contributed by atoms with Gasteiger partial charge in [0, 0.05) is 17.5 Å². The van der Waals surface area contributed by atoms with Gasteiger partial charge in [0.25, 0.3) is 0 Å². The summed E-state index contributed by atoms with van der Waals surface area (Å²) in [6, 6.07) is 2.96. The van der Waals surface area contributed by atoms with Gasteiger partial charge in [-0.1, -0.05) is 0 Å². The first-order valence-electron chi connectivity index (χ1n) is 5.28. The van der Waals surface area contributed by atoms with Crippen LogP contribution in [0.4, 0.5) is 5.82 Å². The maximum atomic E-state index is 12.0. The van der Waals surface area contributed by atoms with Crippen LogP contribution >= 0.6 is 11.8 Å². The molecular weight excluding hydrogens is 272 g/mol. The standard InChI is InChI=1S/C10H18N4O2S2/c1-10(2,17-3)7-13-18(15,16)8-4-5-9(14-11)12-6-8/h4-6,13H,7,11H2,1-3H3,(H,12,14). The smallest absolute Gasteiger partial charge is 0.242 e. The summed E-state index contributed by atoms with van der Waals surface area (Å²) in [5, 5.41) is 0. The molecule has 0 bridgehead atoms. The van der Waals surface area contributed by atoms with Crippen LogP contribution < -0.4 is 16.0 Å². The van der Waals surface area contributed by atoms with E-state index in [-0.39, 0.29) is 9.64 Å². The molecule has 1 aromatic rings. The third kappa shape index (κ3) is 4.13. The number of hydrogen-bond acceptors (Lipinski definition) is 6. The van der Waals surface area contributed by atoms with Gasteiger partial charge in [-0.2, -0.15) is 11.8 Å². The molecule has 102 valence electrons. The molecule has 1 heterocycles. The summed E-state index contributed by atoms with van der Waals surface area (Å²) in [5.74, 6) is 5.58. The lowest BCUT2D eigenvalue weighted by molar-refractivity contribution is 0.570. The number of hydrazine groups is 1. The van der Waals surface area contributed by atoms with Gasteiger partial charge in [0.15, 0.2) is 0 Å². The van der Waals surface area contributed by atoms with E-state index in [1.165, 1.54) is 18.3 Å². The molecule has 0 spiro atoms. The van der Waals surface area contributed by atoms with Crippen LogP contribution in [0.5, 0.6) is 0 Å². The van der Waals surface area contributed by atoms with Gasteiger partial charge >= 0.3 is 0 Å². The van der Waals surface area contributed by atoms with E-state index in [0.717, 1.165) is 0 Å². The molecule has 0 aromatic carbocycles. The highest BCUT2D eigenvalue weighted by Gasteiger charge is 2.21. The Morgan fingerprint density at radius 1 is 1.44 bits per heavy atom. The minimum Gasteiger partial charge on any atom is -0.308 e. The number of pyridine rings is 1. The molecule has 0 aliphatic rings. The molecule has 18 heavy (non-hydrogen) atoms. The molecule has 1 aromatic heterocycles. The van der Waals surface area contributed by atoms with Crippen molar-refractivity contribution in [2.24, 2.45) is 5.84 Å². The average Bonchev–Trinajstić information content (AvgIpc) is 2.37. The number of nitrogens with two attached hydrogens (primary N) is 1.